The molecule has 12 aromatic rings. The van der Waals surface area contributed by atoms with E-state index in [2.05, 4.69) is 261 Å². The Balaban J connectivity index is 0.874. The average molecular weight is 854 g/mol. The zero-order valence-corrected chi connectivity index (χ0v) is 37.6. The van der Waals surface area contributed by atoms with Crippen molar-refractivity contribution in [3.8, 4) is 50.2 Å². The molecule has 1 aromatic heterocycles. The highest BCUT2D eigenvalue weighted by Gasteiger charge is 2.36. The monoisotopic (exact) mass is 853 g/mol. The highest BCUT2D eigenvalue weighted by atomic mass is 15.0. The van der Waals surface area contributed by atoms with Crippen LogP contribution in [0.1, 0.15) is 47.6 Å². The third-order valence-electron chi connectivity index (χ3n) is 14.7. The lowest BCUT2D eigenvalue weighted by atomic mass is 9.80. The molecule has 0 saturated carbocycles. The lowest BCUT2D eigenvalue weighted by Gasteiger charge is -2.23. The third-order valence-corrected chi connectivity index (χ3v) is 14.7. The SMILES string of the molecule is CC1(C)c2ccccc2-c2ccc3cc4c(cc3c21)c1cc(-c2cccc(-c3ccc(C(c5ccccc5)c5ccc(-c6ccc7ccccc7c6)cc5)cc3)c2)ccc1n4-c1ccccc1. The Hall–Kier alpha value is -8.26. The summed E-state index contributed by atoms with van der Waals surface area (Å²) in [5, 5.41) is 7.67. The van der Waals surface area contributed by atoms with Gasteiger partial charge < -0.3 is 4.57 Å². The number of aromatic nitrogens is 1. The van der Waals surface area contributed by atoms with Gasteiger partial charge in [0.2, 0.25) is 0 Å². The molecule has 0 spiro atoms. The second-order valence-corrected chi connectivity index (χ2v) is 18.9. The van der Waals surface area contributed by atoms with Gasteiger partial charge in [-0.05, 0) is 142 Å². The highest BCUT2D eigenvalue weighted by molar-refractivity contribution is 6.16. The van der Waals surface area contributed by atoms with Gasteiger partial charge in [0.05, 0.1) is 11.0 Å². The van der Waals surface area contributed by atoms with E-state index in [0.29, 0.717) is 0 Å². The summed E-state index contributed by atoms with van der Waals surface area (Å²) in [7, 11) is 0. The second-order valence-electron chi connectivity index (χ2n) is 18.9. The molecule has 0 aliphatic heterocycles. The molecule has 0 N–H and O–H groups in total. The van der Waals surface area contributed by atoms with E-state index in [-0.39, 0.29) is 11.3 Å². The molecule has 1 nitrogen and oxygen atoms in total. The van der Waals surface area contributed by atoms with Crippen molar-refractivity contribution in [3.05, 3.63) is 270 Å². The third kappa shape index (κ3) is 6.45. The van der Waals surface area contributed by atoms with Gasteiger partial charge in [-0.15, -0.1) is 0 Å². The predicted octanol–water partition coefficient (Wildman–Crippen LogP) is 17.6. The van der Waals surface area contributed by atoms with Crippen LogP contribution in [0.3, 0.4) is 0 Å². The molecule has 0 fully saturated rings. The molecule has 11 aromatic carbocycles. The molecule has 1 unspecified atom stereocenters. The van der Waals surface area contributed by atoms with E-state index in [1.54, 1.807) is 0 Å². The lowest BCUT2D eigenvalue weighted by molar-refractivity contribution is 0.666. The number of nitrogens with zero attached hydrogens (tertiary/aromatic N) is 1. The molecular formula is C66H47N. The molecule has 316 valence electrons. The minimum atomic E-state index is -0.103. The van der Waals surface area contributed by atoms with Gasteiger partial charge in [-0.1, -0.05) is 208 Å². The van der Waals surface area contributed by atoms with Crippen LogP contribution >= 0.6 is 0 Å². The first kappa shape index (κ1) is 39.1. The summed E-state index contributed by atoms with van der Waals surface area (Å²) in [5.41, 5.74) is 20.2. The van der Waals surface area contributed by atoms with Crippen molar-refractivity contribution >= 4 is 43.4 Å². The van der Waals surface area contributed by atoms with Crippen LogP contribution in [0.2, 0.25) is 0 Å². The van der Waals surface area contributed by atoms with Crippen LogP contribution in [0.25, 0.3) is 93.5 Å². The Kier molecular flexibility index (Phi) is 9.02. The molecule has 1 heterocycles. The minimum Gasteiger partial charge on any atom is -0.309 e. The maximum absolute atomic E-state index is 2.49. The Morgan fingerprint density at radius 2 is 0.881 bits per heavy atom. The normalized spacial score (nSPS) is 13.3. The molecular weight excluding hydrogens is 807 g/mol. The van der Waals surface area contributed by atoms with Gasteiger partial charge in [-0.2, -0.15) is 0 Å². The number of fused-ring (bicyclic) bond motifs is 9. The van der Waals surface area contributed by atoms with E-state index < -0.39 is 0 Å². The van der Waals surface area contributed by atoms with E-state index in [0.717, 1.165) is 0 Å². The van der Waals surface area contributed by atoms with Gasteiger partial charge in [-0.25, -0.2) is 0 Å². The average Bonchev–Trinajstić information content (AvgIpc) is 3.83. The standard InChI is InChI=1S/C66H47N/c1-66(2)61-23-12-11-22-56(61)57-36-34-54-41-63-60(42-58(54)65(57)66)59-40-53(35-37-62(59)67(63)55-20-7-4-8-21-55)51-19-13-18-50(38-51)44-24-29-47(30-25-44)64(46-15-5-3-6-16-46)48-31-26-45(27-32-48)52-33-28-43-14-9-10-17-49(43)39-52/h3-42,64H,1-2H3. The van der Waals surface area contributed by atoms with Crippen LogP contribution in [0, 0.1) is 0 Å². The fraction of sp³-hybridized carbons (Fsp3) is 0.0606. The Morgan fingerprint density at radius 1 is 0.328 bits per heavy atom. The summed E-state index contributed by atoms with van der Waals surface area (Å²) in [6, 6.07) is 90.1. The first-order valence-corrected chi connectivity index (χ1v) is 23.5. The zero-order valence-electron chi connectivity index (χ0n) is 37.6. The summed E-state index contributed by atoms with van der Waals surface area (Å²) in [6.07, 6.45) is 0. The Morgan fingerprint density at radius 3 is 1.63 bits per heavy atom. The fourth-order valence-electron chi connectivity index (χ4n) is 11.4. The van der Waals surface area contributed by atoms with Crippen molar-refractivity contribution in [1.29, 1.82) is 0 Å². The predicted molar refractivity (Wildman–Crippen MR) is 283 cm³/mol. The summed E-state index contributed by atoms with van der Waals surface area (Å²) in [4.78, 5) is 0. The Bertz CT molecular complexity index is 3850. The fourth-order valence-corrected chi connectivity index (χ4v) is 11.4. The summed E-state index contributed by atoms with van der Waals surface area (Å²) >= 11 is 0. The van der Waals surface area contributed by atoms with Gasteiger partial charge >= 0.3 is 0 Å². The van der Waals surface area contributed by atoms with Gasteiger partial charge in [0.15, 0.2) is 0 Å². The molecule has 67 heavy (non-hydrogen) atoms. The van der Waals surface area contributed by atoms with Crippen molar-refractivity contribution in [2.24, 2.45) is 0 Å². The van der Waals surface area contributed by atoms with Crippen LogP contribution in [-0.4, -0.2) is 4.57 Å². The van der Waals surface area contributed by atoms with Crippen LogP contribution in [0.4, 0.5) is 0 Å². The highest BCUT2D eigenvalue weighted by Crippen LogP contribution is 2.52. The molecule has 0 radical (unpaired) electrons. The number of rotatable bonds is 7. The molecule has 13 rings (SSSR count). The van der Waals surface area contributed by atoms with E-state index in [1.165, 1.54) is 121 Å². The number of hydrogen-bond acceptors (Lipinski definition) is 0. The van der Waals surface area contributed by atoms with Crippen molar-refractivity contribution in [2.75, 3.05) is 0 Å². The maximum Gasteiger partial charge on any atom is 0.0547 e. The first-order valence-electron chi connectivity index (χ1n) is 23.5. The van der Waals surface area contributed by atoms with Gasteiger partial charge in [-0.3, -0.25) is 0 Å². The number of hydrogen-bond donors (Lipinski definition) is 0. The van der Waals surface area contributed by atoms with Gasteiger partial charge in [0, 0.05) is 27.8 Å². The van der Waals surface area contributed by atoms with Gasteiger partial charge in [0.25, 0.3) is 0 Å². The quantitative estimate of drug-likeness (QED) is 0.141. The smallest absolute Gasteiger partial charge is 0.0547 e. The van der Waals surface area contributed by atoms with Crippen molar-refractivity contribution < 1.29 is 0 Å². The van der Waals surface area contributed by atoms with E-state index in [1.807, 2.05) is 0 Å². The zero-order chi connectivity index (χ0) is 44.6. The van der Waals surface area contributed by atoms with Crippen LogP contribution < -0.4 is 0 Å². The molecule has 0 bridgehead atoms. The van der Waals surface area contributed by atoms with Crippen LogP contribution in [0.5, 0.6) is 0 Å². The molecule has 1 aliphatic carbocycles. The number of benzene rings is 11. The summed E-state index contributed by atoms with van der Waals surface area (Å²) in [6.45, 7) is 4.78. The van der Waals surface area contributed by atoms with E-state index in [4.69, 9.17) is 0 Å². The number of para-hydroxylation sites is 1. The second kappa shape index (κ2) is 15.4. The molecule has 1 atom stereocenters. The molecule has 0 saturated heterocycles. The van der Waals surface area contributed by atoms with Crippen molar-refractivity contribution in [2.45, 2.75) is 25.2 Å². The van der Waals surface area contributed by atoms with E-state index in [9.17, 15) is 0 Å². The van der Waals surface area contributed by atoms with Crippen molar-refractivity contribution in [3.63, 3.8) is 0 Å². The molecule has 1 aliphatic rings. The molecule has 0 amide bonds. The largest absolute Gasteiger partial charge is 0.309 e. The minimum absolute atomic E-state index is 0.103. The Labute approximate surface area is 391 Å². The van der Waals surface area contributed by atoms with Crippen LogP contribution in [0.15, 0.2) is 243 Å². The van der Waals surface area contributed by atoms with Gasteiger partial charge in [0.1, 0.15) is 0 Å². The maximum atomic E-state index is 2.49. The first-order chi connectivity index (χ1) is 33.0. The lowest BCUT2D eigenvalue weighted by Crippen LogP contribution is -2.15. The summed E-state index contributed by atoms with van der Waals surface area (Å²) < 4.78 is 2.45. The van der Waals surface area contributed by atoms with Crippen molar-refractivity contribution in [1.82, 2.24) is 4.57 Å². The van der Waals surface area contributed by atoms with E-state index >= 15 is 0 Å². The summed E-state index contributed by atoms with van der Waals surface area (Å²) in [5.74, 6) is 0.108. The van der Waals surface area contributed by atoms with Crippen LogP contribution in [-0.2, 0) is 5.41 Å². The topological polar surface area (TPSA) is 4.93 Å². The molecule has 1 heteroatoms.